The molecule has 0 atom stereocenters. The molecule has 0 aliphatic heterocycles. The molecule has 0 aromatic heterocycles. The maximum atomic E-state index is 5.54. The molecule has 0 bridgehead atoms. The number of ether oxygens (including phenoxy) is 1. The second-order valence-electron chi connectivity index (χ2n) is 5.73. The Labute approximate surface area is 108 Å². The third-order valence-corrected chi connectivity index (χ3v) is 3.75. The predicted octanol–water partition coefficient (Wildman–Crippen LogP) is 3.75. The molecule has 1 aliphatic carbocycles. The highest BCUT2D eigenvalue weighted by atomic mass is 16.5. The van der Waals surface area contributed by atoms with Crippen molar-refractivity contribution >= 4 is 0 Å². The average molecular weight is 241 g/mol. The molecule has 0 radical (unpaired) electrons. The Morgan fingerprint density at radius 1 is 1.18 bits per heavy atom. The van der Waals surface area contributed by atoms with Crippen LogP contribution in [0.15, 0.2) is 0 Å². The zero-order valence-electron chi connectivity index (χ0n) is 12.0. The van der Waals surface area contributed by atoms with Crippen LogP contribution in [0.1, 0.15) is 65.7 Å². The van der Waals surface area contributed by atoms with Crippen molar-refractivity contribution in [3.63, 3.8) is 0 Å². The minimum atomic E-state index is 0.375. The highest BCUT2D eigenvalue weighted by Gasteiger charge is 2.19. The topological polar surface area (TPSA) is 21.3 Å². The van der Waals surface area contributed by atoms with Gasteiger partial charge in [0.05, 0.1) is 6.10 Å². The van der Waals surface area contributed by atoms with Crippen LogP contribution in [0.25, 0.3) is 0 Å². The summed E-state index contributed by atoms with van der Waals surface area (Å²) in [7, 11) is 0. The van der Waals surface area contributed by atoms with Gasteiger partial charge in [-0.2, -0.15) is 0 Å². The monoisotopic (exact) mass is 241 g/mol. The lowest BCUT2D eigenvalue weighted by Gasteiger charge is -2.29. The van der Waals surface area contributed by atoms with E-state index < -0.39 is 0 Å². The number of hydrogen-bond acceptors (Lipinski definition) is 2. The Hall–Kier alpha value is -0.0800. The summed E-state index contributed by atoms with van der Waals surface area (Å²) in [6, 6.07) is 0.780. The number of rotatable bonds is 8. The Morgan fingerprint density at radius 2 is 1.88 bits per heavy atom. The summed E-state index contributed by atoms with van der Waals surface area (Å²) >= 11 is 0. The smallest absolute Gasteiger partial charge is 0.0518 e. The summed E-state index contributed by atoms with van der Waals surface area (Å²) in [5, 5.41) is 3.68. The van der Waals surface area contributed by atoms with Gasteiger partial charge in [-0.25, -0.2) is 0 Å². The number of hydrogen-bond donors (Lipinski definition) is 1. The Bertz CT molecular complexity index is 174. The molecule has 0 saturated heterocycles. The van der Waals surface area contributed by atoms with Crippen molar-refractivity contribution in [1.82, 2.24) is 5.32 Å². The van der Waals surface area contributed by atoms with Crippen molar-refractivity contribution in [3.05, 3.63) is 0 Å². The summed E-state index contributed by atoms with van der Waals surface area (Å²) in [6.07, 6.45) is 9.96. The van der Waals surface area contributed by atoms with Crippen LogP contribution < -0.4 is 5.32 Å². The normalized spacial score (nSPS) is 25.4. The molecule has 0 aromatic carbocycles. The third-order valence-electron chi connectivity index (χ3n) is 3.75. The maximum absolute atomic E-state index is 5.54. The quantitative estimate of drug-likeness (QED) is 0.653. The van der Waals surface area contributed by atoms with Gasteiger partial charge in [0.25, 0.3) is 0 Å². The van der Waals surface area contributed by atoms with Crippen molar-refractivity contribution in [2.24, 2.45) is 5.92 Å². The predicted molar refractivity (Wildman–Crippen MR) is 74.4 cm³/mol. The van der Waals surface area contributed by atoms with Gasteiger partial charge in [0.2, 0.25) is 0 Å². The molecule has 0 spiro atoms. The van der Waals surface area contributed by atoms with Crippen molar-refractivity contribution in [2.45, 2.75) is 77.9 Å². The minimum absolute atomic E-state index is 0.375. The van der Waals surface area contributed by atoms with Crippen LogP contribution in [0, 0.1) is 5.92 Å². The van der Waals surface area contributed by atoms with E-state index in [1.807, 2.05) is 0 Å². The lowest BCUT2D eigenvalue weighted by atomic mass is 9.83. The zero-order valence-corrected chi connectivity index (χ0v) is 12.0. The molecular weight excluding hydrogens is 210 g/mol. The molecule has 2 heteroatoms. The van der Waals surface area contributed by atoms with E-state index in [2.05, 4.69) is 26.1 Å². The van der Waals surface area contributed by atoms with E-state index >= 15 is 0 Å². The van der Waals surface area contributed by atoms with Crippen LogP contribution in [-0.4, -0.2) is 25.3 Å². The molecule has 2 nitrogen and oxygen atoms in total. The van der Waals surface area contributed by atoms with Gasteiger partial charge in [0.1, 0.15) is 0 Å². The Kier molecular flexibility index (Phi) is 7.87. The van der Waals surface area contributed by atoms with E-state index in [-0.39, 0.29) is 0 Å². The minimum Gasteiger partial charge on any atom is -0.379 e. The molecular formula is C15H31NO. The summed E-state index contributed by atoms with van der Waals surface area (Å²) in [5.41, 5.74) is 0. The zero-order chi connectivity index (χ0) is 12.5. The van der Waals surface area contributed by atoms with Crippen LogP contribution in [0.5, 0.6) is 0 Å². The van der Waals surface area contributed by atoms with Crippen molar-refractivity contribution in [2.75, 3.05) is 13.2 Å². The van der Waals surface area contributed by atoms with Gasteiger partial charge in [-0.3, -0.25) is 0 Å². The molecule has 17 heavy (non-hydrogen) atoms. The fourth-order valence-corrected chi connectivity index (χ4v) is 2.76. The lowest BCUT2D eigenvalue weighted by Crippen LogP contribution is -2.34. The highest BCUT2D eigenvalue weighted by molar-refractivity contribution is 4.76. The molecule has 1 N–H and O–H groups in total. The first-order valence-electron chi connectivity index (χ1n) is 7.57. The summed E-state index contributed by atoms with van der Waals surface area (Å²) < 4.78 is 5.54. The Balaban J connectivity index is 1.95. The standard InChI is InChI=1S/C15H31NO/c1-4-6-14-7-9-15(10-8-14)16-11-5-12-17-13(2)3/h13-16H,4-12H2,1-3H3. The van der Waals surface area contributed by atoms with Gasteiger partial charge in [0.15, 0.2) is 0 Å². The molecule has 0 amide bonds. The Morgan fingerprint density at radius 3 is 2.47 bits per heavy atom. The van der Waals surface area contributed by atoms with Crippen molar-refractivity contribution in [3.8, 4) is 0 Å². The van der Waals surface area contributed by atoms with E-state index in [4.69, 9.17) is 4.74 Å². The molecule has 1 fully saturated rings. The largest absolute Gasteiger partial charge is 0.379 e. The molecule has 0 aromatic rings. The SMILES string of the molecule is CCCC1CCC(NCCCOC(C)C)CC1. The molecule has 102 valence electrons. The molecule has 1 aliphatic rings. The maximum Gasteiger partial charge on any atom is 0.0518 e. The van der Waals surface area contributed by atoms with Crippen molar-refractivity contribution in [1.29, 1.82) is 0 Å². The van der Waals surface area contributed by atoms with E-state index in [0.717, 1.165) is 31.5 Å². The second kappa shape index (κ2) is 8.93. The van der Waals surface area contributed by atoms with Crippen LogP contribution in [0.3, 0.4) is 0 Å². The van der Waals surface area contributed by atoms with Crippen LogP contribution in [0.2, 0.25) is 0 Å². The second-order valence-corrected chi connectivity index (χ2v) is 5.73. The first-order chi connectivity index (χ1) is 8.22. The lowest BCUT2D eigenvalue weighted by molar-refractivity contribution is 0.0763. The first kappa shape index (κ1) is 15.0. The van der Waals surface area contributed by atoms with E-state index in [9.17, 15) is 0 Å². The van der Waals surface area contributed by atoms with Crippen molar-refractivity contribution < 1.29 is 4.74 Å². The van der Waals surface area contributed by atoms with Crippen LogP contribution >= 0.6 is 0 Å². The van der Waals surface area contributed by atoms with Gasteiger partial charge in [-0.1, -0.05) is 19.8 Å². The molecule has 1 saturated carbocycles. The van der Waals surface area contributed by atoms with Gasteiger partial charge < -0.3 is 10.1 Å². The van der Waals surface area contributed by atoms with Gasteiger partial charge in [0, 0.05) is 12.6 Å². The van der Waals surface area contributed by atoms with Gasteiger partial charge in [-0.05, 0) is 58.4 Å². The molecule has 0 unspecified atom stereocenters. The van der Waals surface area contributed by atoms with Crippen LogP contribution in [-0.2, 0) is 4.74 Å². The first-order valence-corrected chi connectivity index (χ1v) is 7.57. The van der Waals surface area contributed by atoms with E-state index in [1.165, 1.54) is 38.5 Å². The van der Waals surface area contributed by atoms with Gasteiger partial charge >= 0.3 is 0 Å². The summed E-state index contributed by atoms with van der Waals surface area (Å²) in [4.78, 5) is 0. The average Bonchev–Trinajstić information content (AvgIpc) is 2.31. The van der Waals surface area contributed by atoms with E-state index in [0.29, 0.717) is 6.10 Å². The van der Waals surface area contributed by atoms with Crippen LogP contribution in [0.4, 0.5) is 0 Å². The fourth-order valence-electron chi connectivity index (χ4n) is 2.76. The van der Waals surface area contributed by atoms with E-state index in [1.54, 1.807) is 0 Å². The highest BCUT2D eigenvalue weighted by Crippen LogP contribution is 2.27. The molecule has 1 rings (SSSR count). The number of nitrogens with one attached hydrogen (secondary N) is 1. The summed E-state index contributed by atoms with van der Waals surface area (Å²) in [6.45, 7) is 8.52. The van der Waals surface area contributed by atoms with Gasteiger partial charge in [-0.15, -0.1) is 0 Å². The third kappa shape index (κ3) is 7.05. The summed E-state index contributed by atoms with van der Waals surface area (Å²) in [5.74, 6) is 1.02. The fraction of sp³-hybridized carbons (Fsp3) is 1.00. The molecule has 0 heterocycles.